The Labute approximate surface area is 828 Å². The van der Waals surface area contributed by atoms with Gasteiger partial charge < -0.3 is 0 Å². The number of amides is 5. The highest BCUT2D eigenvalue weighted by Crippen LogP contribution is 2.47. The Hall–Kier alpha value is -9.92. The predicted octanol–water partition coefficient (Wildman–Crippen LogP) is 17.3. The summed E-state index contributed by atoms with van der Waals surface area (Å²) in [7, 11) is -19.3. The van der Waals surface area contributed by atoms with Crippen LogP contribution in [-0.2, 0) is 50.7 Å². The Morgan fingerprint density at radius 3 is 0.676 bits per heavy atom. The number of aromatic nitrogens is 10. The van der Waals surface area contributed by atoms with Crippen LogP contribution in [0.5, 0.6) is 0 Å². The molecular formula is C99H135F5N18O15S5. The minimum atomic E-state index is -3.93. The summed E-state index contributed by atoms with van der Waals surface area (Å²) in [6, 6.07) is 14.6. The quantitative estimate of drug-likeness (QED) is 0.0469. The largest absolute Gasteiger partial charge is 0.304 e. The number of carbonyl (C=O) groups is 5. The third kappa shape index (κ3) is 24.6. The van der Waals surface area contributed by atoms with E-state index in [1.807, 2.05) is 70.0 Å². The molecule has 0 radical (unpaired) electrons. The van der Waals surface area contributed by atoms with Gasteiger partial charge in [-0.2, -0.15) is 63.7 Å². The smallest absolute Gasteiger partial charge is 0.268 e. The highest BCUT2D eigenvalue weighted by atomic mass is 32.2. The SMILES string of the molecule is Cc1nn(C2CCC(C(C)(C)C)CC2)c2cc(F)c(C(=O)NS(=O)(=O)N3CCC3)cc12.Cc1nn(C2CCC(C(C)(C)C)CC2)c2cc(F)c(C(=O)NS(C)(=O)=O)cc12.Cc1nn(C2CCC(C(C)C)CC2)c2cc(F)c(C(=O)NS(=O)(=O)N3CCC3)cc12.Cc1nn(C2CCC(C)CC2)c2cc(F)c(C(=O)NS(=O)(=O)N3CCC3)cc12.Cc1nn(C2CCC(C)CC2)c2cc(F)c(C(=O)NS(C)(=O)=O)cc12. The molecule has 3 saturated heterocycles. The summed E-state index contributed by atoms with van der Waals surface area (Å²) in [4.78, 5) is 61.6. The van der Waals surface area contributed by atoms with E-state index in [2.05, 4.69) is 94.7 Å². The second kappa shape index (κ2) is 42.6. The van der Waals surface area contributed by atoms with Crippen LogP contribution < -0.4 is 23.6 Å². The summed E-state index contributed by atoms with van der Waals surface area (Å²) in [5.41, 5.74) is 5.86. The van der Waals surface area contributed by atoms with Crippen molar-refractivity contribution in [3.05, 3.63) is 146 Å². The first-order chi connectivity index (χ1) is 66.4. The number of hydrogen-bond donors (Lipinski definition) is 5. The minimum absolute atomic E-state index is 0.195. The third-order valence-electron chi connectivity index (χ3n) is 30.0. The van der Waals surface area contributed by atoms with Gasteiger partial charge in [0.2, 0.25) is 20.0 Å². The van der Waals surface area contributed by atoms with E-state index < -0.39 is 109 Å². The van der Waals surface area contributed by atoms with Crippen molar-refractivity contribution in [3.8, 4) is 0 Å². The molecule has 8 aliphatic rings. The number of aryl methyl sites for hydroxylation is 5. The number of sulfonamides is 2. The number of halogens is 5. The first-order valence-corrected chi connectivity index (χ1v) is 57.5. The molecular weight excluding hydrogens is 1940 g/mol. The van der Waals surface area contributed by atoms with Gasteiger partial charge in [0.15, 0.2) is 0 Å². The van der Waals surface area contributed by atoms with Gasteiger partial charge in [0.05, 0.1) is 127 Å². The summed E-state index contributed by atoms with van der Waals surface area (Å²) in [6.45, 7) is 33.9. The number of fused-ring (bicyclic) bond motifs is 5. The Morgan fingerprint density at radius 1 is 0.310 bits per heavy atom. The zero-order valence-electron chi connectivity index (χ0n) is 84.0. The molecule has 0 atom stereocenters. The highest BCUT2D eigenvalue weighted by molar-refractivity contribution is 7.89. The van der Waals surface area contributed by atoms with Crippen molar-refractivity contribution in [2.75, 3.05) is 51.8 Å². The van der Waals surface area contributed by atoms with Crippen LogP contribution >= 0.6 is 0 Å². The predicted molar refractivity (Wildman–Crippen MR) is 535 cm³/mol. The minimum Gasteiger partial charge on any atom is -0.268 e. The van der Waals surface area contributed by atoms with E-state index >= 15 is 0 Å². The molecule has 43 heteroatoms. The van der Waals surface area contributed by atoms with E-state index in [-0.39, 0.29) is 68.9 Å². The summed E-state index contributed by atoms with van der Waals surface area (Å²) in [5, 5.41) is 26.4. The first kappa shape index (κ1) is 108. The maximum atomic E-state index is 14.9. The van der Waals surface area contributed by atoms with E-state index in [1.165, 1.54) is 65.0 Å². The van der Waals surface area contributed by atoms with Crippen LogP contribution in [0.2, 0.25) is 0 Å². The molecule has 5 N–H and O–H groups in total. The molecule has 5 aliphatic carbocycles. The van der Waals surface area contributed by atoms with Crippen molar-refractivity contribution in [2.24, 2.45) is 46.3 Å². The number of hydrogen-bond acceptors (Lipinski definition) is 20. The lowest BCUT2D eigenvalue weighted by atomic mass is 9.71. The fraction of sp³-hybridized carbons (Fsp3) is 0.596. The van der Waals surface area contributed by atoms with E-state index in [4.69, 9.17) is 0 Å². The fourth-order valence-electron chi connectivity index (χ4n) is 20.9. The molecule has 33 nitrogen and oxygen atoms in total. The monoisotopic (exact) mass is 2070 g/mol. The van der Waals surface area contributed by atoms with Crippen LogP contribution in [0.4, 0.5) is 22.0 Å². The van der Waals surface area contributed by atoms with Gasteiger partial charge in [-0.25, -0.2) is 62.4 Å². The van der Waals surface area contributed by atoms with Gasteiger partial charge >= 0.3 is 30.6 Å². The van der Waals surface area contributed by atoms with Crippen LogP contribution in [0.1, 0.15) is 327 Å². The summed E-state index contributed by atoms with van der Waals surface area (Å²) < 4.78 is 214. The van der Waals surface area contributed by atoms with E-state index in [0.29, 0.717) is 158 Å². The molecule has 142 heavy (non-hydrogen) atoms. The number of carbonyl (C=O) groups excluding carboxylic acids is 5. The Kier molecular flexibility index (Phi) is 32.4. The molecule has 18 rings (SSSR count). The summed E-state index contributed by atoms with van der Waals surface area (Å²) in [5.74, 6) is -4.45. The van der Waals surface area contributed by atoms with Gasteiger partial charge in [-0.3, -0.25) is 47.4 Å². The van der Waals surface area contributed by atoms with Gasteiger partial charge in [-0.05, 0) is 259 Å². The second-order valence-electron chi connectivity index (χ2n) is 42.8. The van der Waals surface area contributed by atoms with Crippen LogP contribution in [0.3, 0.4) is 0 Å². The van der Waals surface area contributed by atoms with Gasteiger partial charge in [0.1, 0.15) is 29.1 Å². The van der Waals surface area contributed by atoms with E-state index in [0.717, 1.165) is 169 Å². The highest BCUT2D eigenvalue weighted by Gasteiger charge is 2.40. The number of benzene rings is 5. The van der Waals surface area contributed by atoms with Gasteiger partial charge in [0, 0.05) is 96.5 Å². The lowest BCUT2D eigenvalue weighted by Crippen LogP contribution is -2.49. The molecule has 10 aromatic rings. The number of rotatable bonds is 19. The second-order valence-corrected chi connectivity index (χ2v) is 51.3. The third-order valence-corrected chi connectivity index (χ3v) is 35.6. The normalized spacial score (nSPS) is 22.4. The molecule has 5 aromatic carbocycles. The molecule has 3 aliphatic heterocycles. The van der Waals surface area contributed by atoms with E-state index in [1.54, 1.807) is 11.6 Å². The van der Waals surface area contributed by atoms with Crippen molar-refractivity contribution in [2.45, 2.75) is 282 Å². The molecule has 5 saturated carbocycles. The van der Waals surface area contributed by atoms with Crippen molar-refractivity contribution >= 4 is 135 Å². The average molecular weight is 2070 g/mol. The molecule has 5 amide bonds. The first-order valence-electron chi connectivity index (χ1n) is 49.4. The number of nitrogens with one attached hydrogen (secondary N) is 5. The molecule has 776 valence electrons. The fourth-order valence-corrected chi connectivity index (χ4v) is 25.4. The summed E-state index contributed by atoms with van der Waals surface area (Å²) >= 11 is 0. The molecule has 8 fully saturated rings. The zero-order chi connectivity index (χ0) is 103. The van der Waals surface area contributed by atoms with Crippen molar-refractivity contribution < 1.29 is 88.0 Å². The van der Waals surface area contributed by atoms with Crippen LogP contribution in [-0.4, -0.2) is 185 Å². The Balaban J connectivity index is 0.000000141. The topological polar surface area (TPSA) is 415 Å². The zero-order valence-corrected chi connectivity index (χ0v) is 88.1. The Bertz CT molecular complexity index is 7080. The maximum Gasteiger partial charge on any atom is 0.304 e. The van der Waals surface area contributed by atoms with Crippen LogP contribution in [0.25, 0.3) is 54.5 Å². The Morgan fingerprint density at radius 2 is 0.500 bits per heavy atom. The van der Waals surface area contributed by atoms with Gasteiger partial charge in [0.25, 0.3) is 29.5 Å². The average Bonchev–Trinajstić information content (AvgIpc) is 1.62. The van der Waals surface area contributed by atoms with Gasteiger partial charge in [-0.1, -0.05) is 69.2 Å². The van der Waals surface area contributed by atoms with Crippen LogP contribution in [0, 0.1) is 110 Å². The lowest BCUT2D eigenvalue weighted by molar-refractivity contribution is 0.0964. The van der Waals surface area contributed by atoms with E-state index in [9.17, 15) is 88.0 Å². The maximum absolute atomic E-state index is 14.9. The standard InChI is InChI=1S/C22H31FN4O3S.C21H29FN4O3S.C20H28FN3O3S.C19H25FN4O3S.C17H22FN3O3S/c1-14-17-12-18(21(28)25-31(29,30)26-10-5-11-26)19(23)13-20(17)27(24-14)16-8-6-15(7-9-16)22(2,3)4;1-13(2)15-5-7-16(8-6-15)26-20-12-19(22)18(11-17(20)14(3)23-26)21(27)24-30(28,29)25-9-4-10-25;1-12-15-10-16(19(25)23-28(5,26)27)17(21)11-18(15)24(22-12)14-8-6-13(7-9-14)20(2,3)4;1-12-4-6-14(7-5-12)24-18-11-17(20)16(10-15(18)13(2)21-24)19(25)22-28(26,27)23-8-3-9-23;1-10-4-6-12(7-5-10)21-16-9-15(18)14(8-13(16)11(2)19-21)17(22)20-25(3,23)24/h12-13,15-16H,5-11H2,1-4H3,(H,25,28);11-13,15-16H,4-10H2,1-3H3,(H,24,27);10-11,13-14H,6-9H2,1-5H3,(H,23,25);10-12,14H,3-9H2,1-2H3,(H,22,25);8-10,12H,4-7H2,1-3H3,(H,20,22). The van der Waals surface area contributed by atoms with Crippen molar-refractivity contribution in [3.63, 3.8) is 0 Å². The number of nitrogens with zero attached hydrogens (tertiary/aromatic N) is 13. The van der Waals surface area contributed by atoms with Gasteiger partial charge in [-0.15, -0.1) is 0 Å². The molecule has 0 spiro atoms. The molecule has 8 heterocycles. The van der Waals surface area contributed by atoms with Crippen LogP contribution in [0.15, 0.2) is 60.7 Å². The summed E-state index contributed by atoms with van der Waals surface area (Å²) in [6.07, 6.45) is 25.0. The van der Waals surface area contributed by atoms with Crippen molar-refractivity contribution in [1.82, 2.24) is 85.4 Å². The molecule has 0 bridgehead atoms. The lowest BCUT2D eigenvalue weighted by Gasteiger charge is -2.37. The molecule has 0 unspecified atom stereocenters. The molecule has 5 aromatic heterocycles. The van der Waals surface area contributed by atoms with Crippen molar-refractivity contribution in [1.29, 1.82) is 0 Å².